The van der Waals surface area contributed by atoms with Crippen molar-refractivity contribution in [2.24, 2.45) is 5.16 Å². The molecule has 0 atom stereocenters. The van der Waals surface area contributed by atoms with Crippen molar-refractivity contribution in [3.05, 3.63) is 59.7 Å². The maximum atomic E-state index is 8.43. The number of methoxy groups -OCH3 is 1. The average Bonchev–Trinajstić information content (AvgIpc) is 2.52. The fourth-order valence-corrected chi connectivity index (χ4v) is 1.84. The maximum Gasteiger partial charge on any atom is 0.161 e. The molecule has 0 radical (unpaired) electrons. The minimum absolute atomic E-state index is 0.495. The summed E-state index contributed by atoms with van der Waals surface area (Å²) in [5.41, 5.74) is 2.10. The van der Waals surface area contributed by atoms with E-state index in [2.05, 4.69) is 5.16 Å². The summed E-state index contributed by atoms with van der Waals surface area (Å²) in [4.78, 5) is 0. The Bertz CT molecular complexity index is 567. The van der Waals surface area contributed by atoms with Crippen molar-refractivity contribution in [2.75, 3.05) is 7.11 Å². The van der Waals surface area contributed by atoms with Gasteiger partial charge in [-0.2, -0.15) is 0 Å². The van der Waals surface area contributed by atoms with Crippen LogP contribution in [0.5, 0.6) is 11.5 Å². The zero-order valence-corrected chi connectivity index (χ0v) is 11.3. The molecule has 0 fully saturated rings. The molecule has 0 aliphatic carbocycles. The van der Waals surface area contributed by atoms with Crippen molar-refractivity contribution in [3.63, 3.8) is 0 Å². The highest BCUT2D eigenvalue weighted by Gasteiger charge is 2.05. The molecule has 104 valence electrons. The fraction of sp³-hybridized carbons (Fsp3) is 0.188. The lowest BCUT2D eigenvalue weighted by Gasteiger charge is -2.11. The smallest absolute Gasteiger partial charge is 0.161 e. The van der Waals surface area contributed by atoms with Crippen LogP contribution in [0, 0.1) is 0 Å². The number of oxime groups is 1. The van der Waals surface area contributed by atoms with Crippen LogP contribution >= 0.6 is 0 Å². The second-order valence-corrected chi connectivity index (χ2v) is 4.26. The van der Waals surface area contributed by atoms with E-state index in [9.17, 15) is 0 Å². The van der Waals surface area contributed by atoms with Gasteiger partial charge in [0.25, 0.3) is 0 Å². The lowest BCUT2D eigenvalue weighted by molar-refractivity contribution is 0.284. The molecule has 0 aliphatic rings. The molecule has 2 aromatic carbocycles. The molecule has 0 amide bonds. The number of nitrogens with zero attached hydrogens (tertiary/aromatic N) is 1. The van der Waals surface area contributed by atoms with E-state index in [-0.39, 0.29) is 0 Å². The zero-order chi connectivity index (χ0) is 14.2. The van der Waals surface area contributed by atoms with Crippen LogP contribution in [-0.2, 0) is 13.0 Å². The monoisotopic (exact) mass is 271 g/mol. The third-order valence-electron chi connectivity index (χ3n) is 2.87. The molecule has 0 bridgehead atoms. The van der Waals surface area contributed by atoms with Crippen LogP contribution in [0.1, 0.15) is 11.1 Å². The summed E-state index contributed by atoms with van der Waals surface area (Å²) in [6, 6.07) is 15.6. The summed E-state index contributed by atoms with van der Waals surface area (Å²) in [6.45, 7) is 0.495. The lowest BCUT2D eigenvalue weighted by atomic mass is 10.1. The second kappa shape index (κ2) is 7.19. The van der Waals surface area contributed by atoms with Crippen molar-refractivity contribution >= 4 is 6.21 Å². The van der Waals surface area contributed by atoms with E-state index in [1.54, 1.807) is 7.11 Å². The van der Waals surface area contributed by atoms with Crippen LogP contribution in [0.3, 0.4) is 0 Å². The number of hydrogen-bond donors (Lipinski definition) is 1. The van der Waals surface area contributed by atoms with E-state index in [4.69, 9.17) is 14.7 Å². The van der Waals surface area contributed by atoms with E-state index in [1.165, 1.54) is 6.21 Å². The molecule has 0 saturated carbocycles. The van der Waals surface area contributed by atoms with E-state index in [0.29, 0.717) is 24.5 Å². The Morgan fingerprint density at radius 3 is 2.55 bits per heavy atom. The highest BCUT2D eigenvalue weighted by Crippen LogP contribution is 2.28. The van der Waals surface area contributed by atoms with Crippen molar-refractivity contribution in [1.29, 1.82) is 0 Å². The van der Waals surface area contributed by atoms with E-state index in [0.717, 1.165) is 11.1 Å². The van der Waals surface area contributed by atoms with Gasteiger partial charge in [0.2, 0.25) is 0 Å². The minimum Gasteiger partial charge on any atom is -0.493 e. The van der Waals surface area contributed by atoms with Gasteiger partial charge in [-0.05, 0) is 23.3 Å². The van der Waals surface area contributed by atoms with E-state index >= 15 is 0 Å². The summed E-state index contributed by atoms with van der Waals surface area (Å²) in [6.07, 6.45) is 1.98. The van der Waals surface area contributed by atoms with Gasteiger partial charge in [-0.25, -0.2) is 0 Å². The van der Waals surface area contributed by atoms with Crippen LogP contribution in [0.2, 0.25) is 0 Å². The molecular formula is C16H17NO3. The summed E-state index contributed by atoms with van der Waals surface area (Å²) in [5, 5.41) is 11.4. The van der Waals surface area contributed by atoms with Gasteiger partial charge in [0.05, 0.1) is 7.11 Å². The topological polar surface area (TPSA) is 51.0 Å². The predicted molar refractivity (Wildman–Crippen MR) is 77.8 cm³/mol. The Labute approximate surface area is 118 Å². The molecule has 0 heterocycles. The van der Waals surface area contributed by atoms with Gasteiger partial charge in [-0.3, -0.25) is 0 Å². The van der Waals surface area contributed by atoms with Crippen molar-refractivity contribution < 1.29 is 14.7 Å². The van der Waals surface area contributed by atoms with Crippen LogP contribution in [0.15, 0.2) is 53.7 Å². The Kier molecular flexibility index (Phi) is 5.00. The van der Waals surface area contributed by atoms with Gasteiger partial charge in [-0.15, -0.1) is 5.16 Å². The Balaban J connectivity index is 2.07. The van der Waals surface area contributed by atoms with E-state index < -0.39 is 0 Å². The number of benzene rings is 2. The third-order valence-corrected chi connectivity index (χ3v) is 2.87. The van der Waals surface area contributed by atoms with Crippen molar-refractivity contribution in [3.8, 4) is 11.5 Å². The first-order valence-electron chi connectivity index (χ1n) is 6.33. The highest BCUT2D eigenvalue weighted by atomic mass is 16.5. The van der Waals surface area contributed by atoms with Crippen LogP contribution in [-0.4, -0.2) is 18.5 Å². The lowest BCUT2D eigenvalue weighted by Crippen LogP contribution is -1.98. The van der Waals surface area contributed by atoms with Crippen molar-refractivity contribution in [2.45, 2.75) is 13.0 Å². The average molecular weight is 271 g/mol. The molecule has 1 N–H and O–H groups in total. The largest absolute Gasteiger partial charge is 0.493 e. The fourth-order valence-electron chi connectivity index (χ4n) is 1.84. The maximum absolute atomic E-state index is 8.43. The van der Waals surface area contributed by atoms with Crippen LogP contribution in [0.4, 0.5) is 0 Å². The molecule has 4 nitrogen and oxygen atoms in total. The van der Waals surface area contributed by atoms with Crippen LogP contribution in [0.25, 0.3) is 0 Å². The number of rotatable bonds is 6. The third kappa shape index (κ3) is 3.75. The standard InChI is InChI=1S/C16H17NO3/c1-19-16-11-13(9-10-17-18)7-8-15(16)20-12-14-5-3-2-4-6-14/h2-8,10-11,18H,9,12H2,1H3/b17-10+. The Morgan fingerprint density at radius 1 is 1.05 bits per heavy atom. The van der Waals surface area contributed by atoms with Crippen molar-refractivity contribution in [1.82, 2.24) is 0 Å². The first kappa shape index (κ1) is 13.9. The summed E-state index contributed by atoms with van der Waals surface area (Å²) >= 11 is 0. The first-order chi connectivity index (χ1) is 9.83. The van der Waals surface area contributed by atoms with E-state index in [1.807, 2.05) is 48.5 Å². The molecule has 0 spiro atoms. The molecule has 0 saturated heterocycles. The molecular weight excluding hydrogens is 254 g/mol. The predicted octanol–water partition coefficient (Wildman–Crippen LogP) is 3.28. The first-order valence-corrected chi connectivity index (χ1v) is 6.33. The second-order valence-electron chi connectivity index (χ2n) is 4.26. The molecule has 0 aromatic heterocycles. The Hall–Kier alpha value is -2.49. The molecule has 2 rings (SSSR count). The van der Waals surface area contributed by atoms with Gasteiger partial charge in [0.1, 0.15) is 6.61 Å². The number of hydrogen-bond acceptors (Lipinski definition) is 4. The molecule has 4 heteroatoms. The molecule has 20 heavy (non-hydrogen) atoms. The van der Waals surface area contributed by atoms with Gasteiger partial charge in [0.15, 0.2) is 11.5 Å². The molecule has 0 aliphatic heterocycles. The zero-order valence-electron chi connectivity index (χ0n) is 11.3. The Morgan fingerprint density at radius 2 is 1.85 bits per heavy atom. The summed E-state index contributed by atoms with van der Waals surface area (Å²) in [5.74, 6) is 1.37. The SMILES string of the molecule is COc1cc(C/C=N/O)ccc1OCc1ccccc1. The van der Waals surface area contributed by atoms with Gasteiger partial charge in [0, 0.05) is 12.6 Å². The summed E-state index contributed by atoms with van der Waals surface area (Å²) in [7, 11) is 1.61. The quantitative estimate of drug-likeness (QED) is 0.498. The normalized spacial score (nSPS) is 10.7. The van der Waals surface area contributed by atoms with Gasteiger partial charge >= 0.3 is 0 Å². The van der Waals surface area contributed by atoms with Gasteiger partial charge in [-0.1, -0.05) is 36.4 Å². The summed E-state index contributed by atoms with van der Waals surface area (Å²) < 4.78 is 11.1. The van der Waals surface area contributed by atoms with Crippen LogP contribution < -0.4 is 9.47 Å². The number of ether oxygens (including phenoxy) is 2. The molecule has 0 unspecified atom stereocenters. The minimum atomic E-state index is 0.495. The molecule has 2 aromatic rings. The van der Waals surface area contributed by atoms with Gasteiger partial charge < -0.3 is 14.7 Å². The highest BCUT2D eigenvalue weighted by molar-refractivity contribution is 5.61.